The minimum atomic E-state index is 0.458. The number of hydrogen-bond donors (Lipinski definition) is 2. The van der Waals surface area contributed by atoms with E-state index in [0.717, 1.165) is 51.0 Å². The van der Waals surface area contributed by atoms with Crippen LogP contribution in [0.4, 0.5) is 5.82 Å². The van der Waals surface area contributed by atoms with E-state index in [2.05, 4.69) is 73.3 Å². The molecule has 0 radical (unpaired) electrons. The van der Waals surface area contributed by atoms with Gasteiger partial charge in [-0.1, -0.05) is 6.92 Å². The number of pyridine rings is 1. The fourth-order valence-corrected chi connectivity index (χ4v) is 3.89. The van der Waals surface area contributed by atoms with Gasteiger partial charge in [-0.25, -0.2) is 4.98 Å². The fourth-order valence-electron chi connectivity index (χ4n) is 3.11. The number of aliphatic imine (C=N–C) groups is 1. The molecule has 3 rings (SSSR count). The van der Waals surface area contributed by atoms with Crippen LogP contribution in [0, 0.1) is 0 Å². The highest BCUT2D eigenvalue weighted by Gasteiger charge is 2.15. The van der Waals surface area contributed by atoms with Gasteiger partial charge in [0.15, 0.2) is 5.96 Å². The van der Waals surface area contributed by atoms with Crippen molar-refractivity contribution in [1.29, 1.82) is 0 Å². The molecule has 2 aromatic rings. The van der Waals surface area contributed by atoms with Crippen LogP contribution in [0.5, 0.6) is 0 Å². The Hall–Kier alpha value is -2.12. The van der Waals surface area contributed by atoms with Gasteiger partial charge in [0.25, 0.3) is 0 Å². The molecular weight excluding hydrogens is 356 g/mol. The number of rotatable bonds is 6. The van der Waals surface area contributed by atoms with E-state index in [0.29, 0.717) is 5.92 Å². The first-order valence-electron chi connectivity index (χ1n) is 9.50. The smallest absolute Gasteiger partial charge is 0.191 e. The molecule has 7 heteroatoms. The Labute approximate surface area is 166 Å². The fraction of sp³-hybridized carbons (Fsp3) is 0.500. The van der Waals surface area contributed by atoms with Crippen LogP contribution in [0.25, 0.3) is 0 Å². The molecule has 1 fully saturated rings. The number of hydrogen-bond acceptors (Lipinski definition) is 5. The van der Waals surface area contributed by atoms with E-state index < -0.39 is 0 Å². The third-order valence-corrected chi connectivity index (χ3v) is 5.71. The second-order valence-corrected chi connectivity index (χ2v) is 7.86. The van der Waals surface area contributed by atoms with E-state index in [1.54, 1.807) is 11.3 Å². The van der Waals surface area contributed by atoms with Gasteiger partial charge in [-0.3, -0.25) is 4.99 Å². The molecule has 0 spiro atoms. The molecule has 1 unspecified atom stereocenters. The topological polar surface area (TPSA) is 55.8 Å². The lowest BCUT2D eigenvalue weighted by Gasteiger charge is -2.33. The van der Waals surface area contributed by atoms with Gasteiger partial charge in [0.1, 0.15) is 5.82 Å². The molecule has 1 aliphatic rings. The Kier molecular flexibility index (Phi) is 7.06. The quantitative estimate of drug-likeness (QED) is 0.590. The zero-order valence-corrected chi connectivity index (χ0v) is 17.3. The lowest BCUT2D eigenvalue weighted by molar-refractivity contribution is 0.312. The van der Waals surface area contributed by atoms with E-state index in [-0.39, 0.29) is 0 Å². The highest BCUT2D eigenvalue weighted by Crippen LogP contribution is 2.17. The molecule has 2 N–H and O–H groups in total. The molecule has 1 atom stereocenters. The van der Waals surface area contributed by atoms with Crippen molar-refractivity contribution < 1.29 is 0 Å². The molecule has 0 aliphatic carbocycles. The third-order valence-electron chi connectivity index (χ3n) is 5.01. The summed E-state index contributed by atoms with van der Waals surface area (Å²) in [6, 6.07) is 6.43. The first-order chi connectivity index (χ1) is 13.2. The Morgan fingerprint density at radius 1 is 1.26 bits per heavy atom. The highest BCUT2D eigenvalue weighted by molar-refractivity contribution is 7.07. The summed E-state index contributed by atoms with van der Waals surface area (Å²) in [5, 5.41) is 11.2. The number of thiophene rings is 1. The van der Waals surface area contributed by atoms with E-state index in [1.807, 2.05) is 13.2 Å². The summed E-state index contributed by atoms with van der Waals surface area (Å²) in [4.78, 5) is 13.6. The van der Waals surface area contributed by atoms with Gasteiger partial charge < -0.3 is 20.4 Å². The van der Waals surface area contributed by atoms with Crippen molar-refractivity contribution in [3.05, 3.63) is 46.3 Å². The average molecular weight is 387 g/mol. The van der Waals surface area contributed by atoms with Crippen molar-refractivity contribution in [2.75, 3.05) is 51.7 Å². The van der Waals surface area contributed by atoms with Gasteiger partial charge in [0.05, 0.1) is 0 Å². The minimum absolute atomic E-state index is 0.458. The van der Waals surface area contributed by atoms with Crippen molar-refractivity contribution in [3.63, 3.8) is 0 Å². The molecule has 27 heavy (non-hydrogen) atoms. The number of nitrogens with zero attached hydrogens (tertiary/aromatic N) is 4. The number of nitrogens with one attached hydrogen (secondary N) is 2. The Bertz CT molecular complexity index is 722. The maximum atomic E-state index is 4.56. The summed E-state index contributed by atoms with van der Waals surface area (Å²) in [5.74, 6) is 2.35. The largest absolute Gasteiger partial charge is 0.356 e. The number of aromatic nitrogens is 1. The standard InChI is InChI=1S/C20H30N6S/c1-16(18-5-11-27-15-18)13-23-20(21-2)24-14-17-4-6-22-19(12-17)26-9-7-25(3)8-10-26/h4-6,11-12,15-16H,7-10,13-14H2,1-3H3,(H2,21,23,24). The second kappa shape index (κ2) is 9.71. The number of piperazine rings is 1. The summed E-state index contributed by atoms with van der Waals surface area (Å²) in [6.07, 6.45) is 1.90. The van der Waals surface area contributed by atoms with E-state index in [9.17, 15) is 0 Å². The number of anilines is 1. The Balaban J connectivity index is 1.50. The maximum Gasteiger partial charge on any atom is 0.191 e. The Morgan fingerprint density at radius 2 is 2.07 bits per heavy atom. The van der Waals surface area contributed by atoms with E-state index in [4.69, 9.17) is 0 Å². The van der Waals surface area contributed by atoms with Crippen molar-refractivity contribution >= 4 is 23.1 Å². The second-order valence-electron chi connectivity index (χ2n) is 7.08. The van der Waals surface area contributed by atoms with Gasteiger partial charge in [0, 0.05) is 52.5 Å². The molecule has 0 aromatic carbocycles. The van der Waals surface area contributed by atoms with Crippen molar-refractivity contribution in [3.8, 4) is 0 Å². The summed E-state index contributed by atoms with van der Waals surface area (Å²) in [6.45, 7) is 8.06. The highest BCUT2D eigenvalue weighted by atomic mass is 32.1. The molecule has 0 amide bonds. The molecule has 146 valence electrons. The number of guanidine groups is 1. The van der Waals surface area contributed by atoms with E-state index >= 15 is 0 Å². The first-order valence-corrected chi connectivity index (χ1v) is 10.4. The summed E-state index contributed by atoms with van der Waals surface area (Å²) >= 11 is 1.74. The third kappa shape index (κ3) is 5.68. The first kappa shape index (κ1) is 19.6. The molecule has 1 saturated heterocycles. The van der Waals surface area contributed by atoms with Crippen molar-refractivity contribution in [1.82, 2.24) is 20.5 Å². The SMILES string of the molecule is CN=C(NCc1ccnc(N2CCN(C)CC2)c1)NCC(C)c1ccsc1. The number of likely N-dealkylation sites (N-methyl/N-ethyl adjacent to an activating group) is 1. The van der Waals surface area contributed by atoms with Gasteiger partial charge in [-0.15, -0.1) is 0 Å². The molecule has 1 aliphatic heterocycles. The van der Waals surface area contributed by atoms with Gasteiger partial charge in [-0.05, 0) is 53.1 Å². The van der Waals surface area contributed by atoms with Crippen LogP contribution < -0.4 is 15.5 Å². The molecule has 0 bridgehead atoms. The van der Waals surface area contributed by atoms with Gasteiger partial charge in [0.2, 0.25) is 0 Å². The summed E-state index contributed by atoms with van der Waals surface area (Å²) in [5.41, 5.74) is 2.58. The lowest BCUT2D eigenvalue weighted by Crippen LogP contribution is -2.44. The lowest BCUT2D eigenvalue weighted by atomic mass is 10.1. The van der Waals surface area contributed by atoms with Crippen molar-refractivity contribution in [2.45, 2.75) is 19.4 Å². The van der Waals surface area contributed by atoms with Gasteiger partial charge >= 0.3 is 0 Å². The van der Waals surface area contributed by atoms with Crippen molar-refractivity contribution in [2.24, 2.45) is 4.99 Å². The average Bonchev–Trinajstić information content (AvgIpc) is 3.24. The normalized spacial score (nSPS) is 17.0. The van der Waals surface area contributed by atoms with Crippen LogP contribution >= 0.6 is 11.3 Å². The molecular formula is C20H30N6S. The molecule has 3 heterocycles. The zero-order valence-electron chi connectivity index (χ0n) is 16.5. The monoisotopic (exact) mass is 386 g/mol. The van der Waals surface area contributed by atoms with Crippen LogP contribution in [0.1, 0.15) is 24.0 Å². The predicted molar refractivity (Wildman–Crippen MR) is 115 cm³/mol. The van der Waals surface area contributed by atoms with Crippen LogP contribution in [0.3, 0.4) is 0 Å². The Morgan fingerprint density at radius 3 is 2.78 bits per heavy atom. The molecule has 0 saturated carbocycles. The van der Waals surface area contributed by atoms with Gasteiger partial charge in [-0.2, -0.15) is 11.3 Å². The van der Waals surface area contributed by atoms with E-state index in [1.165, 1.54) is 11.1 Å². The minimum Gasteiger partial charge on any atom is -0.356 e. The molecule has 6 nitrogen and oxygen atoms in total. The van der Waals surface area contributed by atoms with Crippen LogP contribution in [-0.2, 0) is 6.54 Å². The predicted octanol–water partition coefficient (Wildman–Crippen LogP) is 2.36. The summed E-state index contributed by atoms with van der Waals surface area (Å²) in [7, 11) is 3.98. The summed E-state index contributed by atoms with van der Waals surface area (Å²) < 4.78 is 0. The van der Waals surface area contributed by atoms with Crippen LogP contribution in [0.2, 0.25) is 0 Å². The zero-order chi connectivity index (χ0) is 19.1. The molecule has 2 aromatic heterocycles. The van der Waals surface area contributed by atoms with Crippen LogP contribution in [-0.4, -0.2) is 62.7 Å². The maximum absolute atomic E-state index is 4.56. The van der Waals surface area contributed by atoms with Crippen LogP contribution in [0.15, 0.2) is 40.1 Å².